The van der Waals surface area contributed by atoms with Crippen LogP contribution in [0.3, 0.4) is 0 Å². The number of rotatable bonds is 4. The Bertz CT molecular complexity index is 2820. The molecule has 4 nitrogen and oxygen atoms in total. The first-order chi connectivity index (χ1) is 24.3. The Labute approximate surface area is 282 Å². The van der Waals surface area contributed by atoms with Gasteiger partial charge in [-0.1, -0.05) is 140 Å². The van der Waals surface area contributed by atoms with E-state index in [9.17, 15) is 0 Å². The first-order valence-electron chi connectivity index (χ1n) is 16.4. The normalized spacial score (nSPS) is 11.7. The number of aromatic nitrogens is 3. The van der Waals surface area contributed by atoms with E-state index in [1.54, 1.807) is 0 Å². The van der Waals surface area contributed by atoms with Crippen LogP contribution in [-0.4, -0.2) is 15.0 Å². The van der Waals surface area contributed by atoms with Gasteiger partial charge in [0.25, 0.3) is 0 Å². The lowest BCUT2D eigenvalue weighted by atomic mass is 9.90. The highest BCUT2D eigenvalue weighted by molar-refractivity contribution is 6.21. The van der Waals surface area contributed by atoms with Crippen molar-refractivity contribution in [1.82, 2.24) is 15.0 Å². The van der Waals surface area contributed by atoms with Crippen LogP contribution >= 0.6 is 0 Å². The Morgan fingerprint density at radius 1 is 0.327 bits per heavy atom. The van der Waals surface area contributed by atoms with Gasteiger partial charge in [0.05, 0.1) is 0 Å². The lowest BCUT2D eigenvalue weighted by molar-refractivity contribution is 0.669. The molecule has 0 fully saturated rings. The molecule has 0 spiro atoms. The van der Waals surface area contributed by atoms with Gasteiger partial charge >= 0.3 is 0 Å². The number of benzene rings is 8. The van der Waals surface area contributed by atoms with Gasteiger partial charge in [-0.05, 0) is 67.7 Å². The first kappa shape index (κ1) is 27.5. The number of fused-ring (bicyclic) bond motifs is 8. The van der Waals surface area contributed by atoms with Crippen LogP contribution in [0.5, 0.6) is 0 Å². The maximum absolute atomic E-state index is 6.48. The van der Waals surface area contributed by atoms with E-state index in [0.717, 1.165) is 44.2 Å². The van der Waals surface area contributed by atoms with Crippen LogP contribution < -0.4 is 0 Å². The fourth-order valence-electron chi connectivity index (χ4n) is 7.21. The Morgan fingerprint density at radius 2 is 0.959 bits per heavy atom. The van der Waals surface area contributed by atoms with Gasteiger partial charge < -0.3 is 4.42 Å². The molecule has 0 aliphatic heterocycles. The molecule has 2 heterocycles. The average molecular weight is 626 g/mol. The summed E-state index contributed by atoms with van der Waals surface area (Å²) >= 11 is 0. The fraction of sp³-hybridized carbons (Fsp3) is 0. The van der Waals surface area contributed by atoms with Crippen LogP contribution in [0.1, 0.15) is 0 Å². The molecular weight excluding hydrogens is 599 g/mol. The quantitative estimate of drug-likeness (QED) is 0.183. The summed E-state index contributed by atoms with van der Waals surface area (Å²) in [5, 5.41) is 9.46. The highest BCUT2D eigenvalue weighted by atomic mass is 16.3. The van der Waals surface area contributed by atoms with Gasteiger partial charge in [-0.15, -0.1) is 0 Å². The number of hydrogen-bond acceptors (Lipinski definition) is 4. The maximum Gasteiger partial charge on any atom is 0.164 e. The molecule has 0 N–H and O–H groups in total. The van der Waals surface area contributed by atoms with E-state index in [1.807, 2.05) is 72.8 Å². The number of furan rings is 1. The van der Waals surface area contributed by atoms with Gasteiger partial charge in [-0.25, -0.2) is 15.0 Å². The van der Waals surface area contributed by atoms with Gasteiger partial charge in [0, 0.05) is 27.5 Å². The minimum Gasteiger partial charge on any atom is -0.456 e. The zero-order chi connectivity index (χ0) is 32.3. The third-order valence-electron chi connectivity index (χ3n) is 9.51. The van der Waals surface area contributed by atoms with E-state index in [4.69, 9.17) is 19.4 Å². The average Bonchev–Trinajstić information content (AvgIpc) is 3.56. The van der Waals surface area contributed by atoms with Crippen LogP contribution in [0.15, 0.2) is 168 Å². The molecule has 0 aliphatic rings. The lowest BCUT2D eigenvalue weighted by Gasteiger charge is -2.13. The number of nitrogens with zero attached hydrogens (tertiary/aromatic N) is 3. The van der Waals surface area contributed by atoms with Crippen molar-refractivity contribution in [3.63, 3.8) is 0 Å². The predicted molar refractivity (Wildman–Crippen MR) is 201 cm³/mol. The van der Waals surface area contributed by atoms with Gasteiger partial charge in [0.1, 0.15) is 11.2 Å². The van der Waals surface area contributed by atoms with Crippen molar-refractivity contribution in [2.45, 2.75) is 0 Å². The molecule has 0 radical (unpaired) electrons. The first-order valence-corrected chi connectivity index (χ1v) is 16.4. The second-order valence-electron chi connectivity index (χ2n) is 12.4. The molecule has 0 bridgehead atoms. The molecular formula is C45H27N3O. The largest absolute Gasteiger partial charge is 0.456 e. The summed E-state index contributed by atoms with van der Waals surface area (Å²) in [7, 11) is 0. The predicted octanol–water partition coefficient (Wildman–Crippen LogP) is 11.9. The third-order valence-corrected chi connectivity index (χ3v) is 9.51. The lowest BCUT2D eigenvalue weighted by Crippen LogP contribution is -2.00. The van der Waals surface area contributed by atoms with E-state index < -0.39 is 0 Å². The molecule has 49 heavy (non-hydrogen) atoms. The summed E-state index contributed by atoms with van der Waals surface area (Å²) < 4.78 is 6.48. The van der Waals surface area contributed by atoms with Gasteiger partial charge in [0.2, 0.25) is 0 Å². The van der Waals surface area contributed by atoms with Crippen LogP contribution in [-0.2, 0) is 0 Å². The second-order valence-corrected chi connectivity index (χ2v) is 12.4. The zero-order valence-electron chi connectivity index (χ0n) is 26.3. The Morgan fingerprint density at radius 3 is 1.71 bits per heavy atom. The monoisotopic (exact) mass is 625 g/mol. The van der Waals surface area contributed by atoms with Gasteiger partial charge in [0.15, 0.2) is 17.5 Å². The second kappa shape index (κ2) is 11.0. The van der Waals surface area contributed by atoms with Crippen molar-refractivity contribution in [1.29, 1.82) is 0 Å². The fourth-order valence-corrected chi connectivity index (χ4v) is 7.21. The molecule has 4 heteroatoms. The minimum atomic E-state index is 0.606. The molecule has 0 atom stereocenters. The SMILES string of the molecule is c1ccc(-c2nc(-c3ccccc3)nc(-c3cccc4oc5ccc(-c6cc7c8ccccc8ccc7c7ccccc67)cc5c34)n2)cc1. The third kappa shape index (κ3) is 4.49. The minimum absolute atomic E-state index is 0.606. The summed E-state index contributed by atoms with van der Waals surface area (Å²) in [6, 6.07) is 57.0. The van der Waals surface area contributed by atoms with Crippen LogP contribution in [0.2, 0.25) is 0 Å². The van der Waals surface area contributed by atoms with Crippen molar-refractivity contribution in [2.24, 2.45) is 0 Å². The van der Waals surface area contributed by atoms with Crippen LogP contribution in [0, 0.1) is 0 Å². The standard InChI is InChI=1S/C45H27N3O/c1-3-13-29(14-4-1)43-46-44(30-15-5-2-6-16-30)48-45(47-43)36-20-11-21-41-42(36)39-26-31(23-25-40(39)49-41)37-27-38-32-17-8-7-12-28(32)22-24-35(38)33-18-9-10-19-34(33)37/h1-27H. The molecule has 0 saturated heterocycles. The summed E-state index contributed by atoms with van der Waals surface area (Å²) in [6.45, 7) is 0. The topological polar surface area (TPSA) is 51.8 Å². The van der Waals surface area contributed by atoms with E-state index >= 15 is 0 Å². The molecule has 228 valence electrons. The van der Waals surface area contributed by atoms with E-state index in [-0.39, 0.29) is 0 Å². The van der Waals surface area contributed by atoms with E-state index in [1.165, 1.54) is 37.9 Å². The molecule has 0 amide bonds. The molecule has 0 aliphatic carbocycles. The summed E-state index contributed by atoms with van der Waals surface area (Å²) in [5.41, 5.74) is 6.70. The molecule has 10 aromatic rings. The smallest absolute Gasteiger partial charge is 0.164 e. The molecule has 0 unspecified atom stereocenters. The summed E-state index contributed by atoms with van der Waals surface area (Å²) in [4.78, 5) is 15.0. The summed E-state index contributed by atoms with van der Waals surface area (Å²) in [6.07, 6.45) is 0. The van der Waals surface area contributed by atoms with Gasteiger partial charge in [-0.3, -0.25) is 0 Å². The van der Waals surface area contributed by atoms with Crippen molar-refractivity contribution >= 4 is 54.3 Å². The van der Waals surface area contributed by atoms with Crippen LogP contribution in [0.4, 0.5) is 0 Å². The summed E-state index contributed by atoms with van der Waals surface area (Å²) in [5.74, 6) is 1.86. The maximum atomic E-state index is 6.48. The Hall–Kier alpha value is -6.65. The Kier molecular flexibility index (Phi) is 6.15. The Balaban J connectivity index is 1.23. The molecule has 0 saturated carbocycles. The van der Waals surface area contributed by atoms with E-state index in [0.29, 0.717) is 17.5 Å². The highest BCUT2D eigenvalue weighted by Crippen LogP contribution is 2.42. The highest BCUT2D eigenvalue weighted by Gasteiger charge is 2.19. The molecule has 8 aromatic carbocycles. The van der Waals surface area contributed by atoms with Crippen molar-refractivity contribution in [3.8, 4) is 45.3 Å². The van der Waals surface area contributed by atoms with Crippen LogP contribution in [0.25, 0.3) is 99.5 Å². The van der Waals surface area contributed by atoms with E-state index in [2.05, 4.69) is 91.0 Å². The molecule has 10 rings (SSSR count). The van der Waals surface area contributed by atoms with Crippen molar-refractivity contribution in [2.75, 3.05) is 0 Å². The zero-order valence-corrected chi connectivity index (χ0v) is 26.3. The van der Waals surface area contributed by atoms with Crippen molar-refractivity contribution in [3.05, 3.63) is 164 Å². The number of hydrogen-bond donors (Lipinski definition) is 0. The molecule has 2 aromatic heterocycles. The van der Waals surface area contributed by atoms with Crippen molar-refractivity contribution < 1.29 is 4.42 Å². The van der Waals surface area contributed by atoms with Gasteiger partial charge in [-0.2, -0.15) is 0 Å².